The SMILES string of the molecule is NCC(F)(F)Cc1ccc(Br)c(Cl)c1. The van der Waals surface area contributed by atoms with Crippen LogP contribution in [-0.2, 0) is 6.42 Å². The quantitative estimate of drug-likeness (QED) is 0.906. The van der Waals surface area contributed by atoms with Gasteiger partial charge in [-0.25, -0.2) is 8.78 Å². The average Bonchev–Trinajstić information content (AvgIpc) is 2.11. The van der Waals surface area contributed by atoms with Gasteiger partial charge in [-0.2, -0.15) is 0 Å². The van der Waals surface area contributed by atoms with Crippen LogP contribution < -0.4 is 5.73 Å². The Kier molecular flexibility index (Phi) is 3.86. The van der Waals surface area contributed by atoms with Crippen molar-refractivity contribution in [2.75, 3.05) is 6.54 Å². The largest absolute Gasteiger partial charge is 0.325 e. The lowest BCUT2D eigenvalue weighted by molar-refractivity contribution is 0.0115. The normalized spacial score (nSPS) is 11.8. The second-order valence-electron chi connectivity index (χ2n) is 2.99. The van der Waals surface area contributed by atoms with E-state index in [2.05, 4.69) is 15.9 Å². The molecule has 0 amide bonds. The van der Waals surface area contributed by atoms with Crippen LogP contribution in [-0.4, -0.2) is 12.5 Å². The second kappa shape index (κ2) is 4.55. The van der Waals surface area contributed by atoms with Crippen LogP contribution in [0.1, 0.15) is 5.56 Å². The van der Waals surface area contributed by atoms with Crippen LogP contribution in [0.4, 0.5) is 8.78 Å². The molecule has 1 aromatic rings. The molecule has 0 radical (unpaired) electrons. The molecule has 0 bridgehead atoms. The maximum atomic E-state index is 12.9. The van der Waals surface area contributed by atoms with E-state index >= 15 is 0 Å². The first kappa shape index (κ1) is 11.9. The van der Waals surface area contributed by atoms with Crippen molar-refractivity contribution < 1.29 is 8.78 Å². The molecule has 0 saturated carbocycles. The molecule has 0 aliphatic heterocycles. The highest BCUT2D eigenvalue weighted by Gasteiger charge is 2.27. The number of rotatable bonds is 3. The highest BCUT2D eigenvalue weighted by molar-refractivity contribution is 9.10. The van der Waals surface area contributed by atoms with Crippen molar-refractivity contribution in [2.45, 2.75) is 12.3 Å². The van der Waals surface area contributed by atoms with Gasteiger partial charge < -0.3 is 5.73 Å². The molecule has 5 heteroatoms. The van der Waals surface area contributed by atoms with Gasteiger partial charge in [-0.15, -0.1) is 0 Å². The van der Waals surface area contributed by atoms with E-state index in [9.17, 15) is 8.78 Å². The summed E-state index contributed by atoms with van der Waals surface area (Å²) in [6.45, 7) is -0.652. The summed E-state index contributed by atoms with van der Waals surface area (Å²) < 4.78 is 26.5. The Morgan fingerprint density at radius 2 is 2.07 bits per heavy atom. The third-order valence-electron chi connectivity index (χ3n) is 1.75. The maximum Gasteiger partial charge on any atom is 0.264 e. The van der Waals surface area contributed by atoms with E-state index in [-0.39, 0.29) is 6.42 Å². The predicted octanol–water partition coefficient (Wildman–Crippen LogP) is 3.24. The monoisotopic (exact) mass is 283 g/mol. The summed E-state index contributed by atoms with van der Waals surface area (Å²) in [7, 11) is 0. The summed E-state index contributed by atoms with van der Waals surface area (Å²) >= 11 is 8.94. The lowest BCUT2D eigenvalue weighted by Gasteiger charge is -2.13. The highest BCUT2D eigenvalue weighted by atomic mass is 79.9. The fraction of sp³-hybridized carbons (Fsp3) is 0.333. The first-order valence-electron chi connectivity index (χ1n) is 3.96. The summed E-state index contributed by atoms with van der Waals surface area (Å²) in [5.74, 6) is -2.86. The molecule has 14 heavy (non-hydrogen) atoms. The predicted molar refractivity (Wildman–Crippen MR) is 56.9 cm³/mol. The molecule has 78 valence electrons. The molecule has 0 unspecified atom stereocenters. The molecule has 0 saturated heterocycles. The van der Waals surface area contributed by atoms with Gasteiger partial charge in [0, 0.05) is 10.9 Å². The van der Waals surface area contributed by atoms with Crippen molar-refractivity contribution in [1.82, 2.24) is 0 Å². The van der Waals surface area contributed by atoms with Gasteiger partial charge in [-0.05, 0) is 33.6 Å². The van der Waals surface area contributed by atoms with Gasteiger partial charge in [0.2, 0.25) is 0 Å². The van der Waals surface area contributed by atoms with Crippen molar-refractivity contribution in [3.63, 3.8) is 0 Å². The van der Waals surface area contributed by atoms with Gasteiger partial charge in [0.1, 0.15) is 0 Å². The minimum atomic E-state index is -2.86. The number of halogens is 4. The fourth-order valence-corrected chi connectivity index (χ4v) is 1.47. The first-order valence-corrected chi connectivity index (χ1v) is 5.13. The van der Waals surface area contributed by atoms with Crippen molar-refractivity contribution in [3.05, 3.63) is 33.3 Å². The molecule has 1 nitrogen and oxygen atoms in total. The first-order chi connectivity index (χ1) is 6.44. The second-order valence-corrected chi connectivity index (χ2v) is 4.25. The van der Waals surface area contributed by atoms with Crippen molar-refractivity contribution >= 4 is 27.5 Å². The van der Waals surface area contributed by atoms with Gasteiger partial charge in [0.05, 0.1) is 11.6 Å². The van der Waals surface area contributed by atoms with Gasteiger partial charge in [0.25, 0.3) is 5.92 Å². The Balaban J connectivity index is 2.83. The summed E-state index contributed by atoms with van der Waals surface area (Å²) in [6.07, 6.45) is -0.378. The molecule has 1 aromatic carbocycles. The summed E-state index contributed by atoms with van der Waals surface area (Å²) in [6, 6.07) is 4.75. The molecule has 2 N–H and O–H groups in total. The average molecular weight is 285 g/mol. The van der Waals surface area contributed by atoms with Crippen LogP contribution in [0.2, 0.25) is 5.02 Å². The van der Waals surface area contributed by atoms with Crippen LogP contribution in [0.5, 0.6) is 0 Å². The van der Waals surface area contributed by atoms with Crippen molar-refractivity contribution in [3.8, 4) is 0 Å². The van der Waals surface area contributed by atoms with E-state index in [4.69, 9.17) is 17.3 Å². The lowest BCUT2D eigenvalue weighted by atomic mass is 10.1. The van der Waals surface area contributed by atoms with E-state index in [0.717, 1.165) is 0 Å². The fourth-order valence-electron chi connectivity index (χ4n) is 1.02. The Labute approximate surface area is 94.4 Å². The molecule has 0 aliphatic carbocycles. The molecular formula is C9H9BrClF2N. The minimum absolute atomic E-state index is 0.378. The third-order valence-corrected chi connectivity index (χ3v) is 2.98. The van der Waals surface area contributed by atoms with E-state index in [1.165, 1.54) is 6.07 Å². The Morgan fingerprint density at radius 3 is 2.57 bits per heavy atom. The standard InChI is InChI=1S/C9H9BrClF2N/c10-7-2-1-6(3-8(7)11)4-9(12,13)5-14/h1-3H,4-5,14H2. The number of benzene rings is 1. The maximum absolute atomic E-state index is 12.9. The summed E-state index contributed by atoms with van der Waals surface area (Å²) in [5.41, 5.74) is 5.41. The van der Waals surface area contributed by atoms with Crippen LogP contribution in [0, 0.1) is 0 Å². The van der Waals surface area contributed by atoms with E-state index < -0.39 is 12.5 Å². The summed E-state index contributed by atoms with van der Waals surface area (Å²) in [5, 5.41) is 0.426. The van der Waals surface area contributed by atoms with E-state index in [0.29, 0.717) is 15.1 Å². The molecular weight excluding hydrogens is 275 g/mol. The van der Waals surface area contributed by atoms with Crippen LogP contribution in [0.15, 0.2) is 22.7 Å². The third kappa shape index (κ3) is 3.19. The Hall–Kier alpha value is -0.190. The van der Waals surface area contributed by atoms with E-state index in [1.54, 1.807) is 12.1 Å². The molecule has 0 fully saturated rings. The van der Waals surface area contributed by atoms with Gasteiger partial charge in [-0.1, -0.05) is 17.7 Å². The Morgan fingerprint density at radius 1 is 1.43 bits per heavy atom. The van der Waals surface area contributed by atoms with Crippen LogP contribution >= 0.6 is 27.5 Å². The highest BCUT2D eigenvalue weighted by Crippen LogP contribution is 2.26. The van der Waals surface area contributed by atoms with E-state index in [1.807, 2.05) is 0 Å². The molecule has 1 rings (SSSR count). The van der Waals surface area contributed by atoms with Gasteiger partial charge in [-0.3, -0.25) is 0 Å². The van der Waals surface area contributed by atoms with Crippen molar-refractivity contribution in [1.29, 1.82) is 0 Å². The van der Waals surface area contributed by atoms with Crippen LogP contribution in [0.3, 0.4) is 0 Å². The lowest BCUT2D eigenvalue weighted by Crippen LogP contribution is -2.30. The zero-order chi connectivity index (χ0) is 10.8. The number of alkyl halides is 2. The molecule has 0 aliphatic rings. The topological polar surface area (TPSA) is 26.0 Å². The van der Waals surface area contributed by atoms with Gasteiger partial charge in [0.15, 0.2) is 0 Å². The van der Waals surface area contributed by atoms with Crippen molar-refractivity contribution in [2.24, 2.45) is 5.73 Å². The smallest absolute Gasteiger partial charge is 0.264 e. The number of nitrogens with two attached hydrogens (primary N) is 1. The minimum Gasteiger partial charge on any atom is -0.325 e. The molecule has 0 heterocycles. The molecule has 0 atom stereocenters. The number of hydrogen-bond acceptors (Lipinski definition) is 1. The zero-order valence-electron chi connectivity index (χ0n) is 7.24. The number of hydrogen-bond donors (Lipinski definition) is 1. The van der Waals surface area contributed by atoms with Gasteiger partial charge >= 0.3 is 0 Å². The zero-order valence-corrected chi connectivity index (χ0v) is 9.58. The molecule has 0 spiro atoms. The Bertz CT molecular complexity index is 331. The molecule has 0 aromatic heterocycles. The summed E-state index contributed by atoms with van der Waals surface area (Å²) in [4.78, 5) is 0. The van der Waals surface area contributed by atoms with Crippen LogP contribution in [0.25, 0.3) is 0 Å².